The zero-order chi connectivity index (χ0) is 16.6. The van der Waals surface area contributed by atoms with Gasteiger partial charge < -0.3 is 19.5 Å². The van der Waals surface area contributed by atoms with Crippen molar-refractivity contribution in [1.29, 1.82) is 0 Å². The Hall–Kier alpha value is -1.86. The number of hydrogen-bond acceptors (Lipinski definition) is 5. The molecule has 1 saturated heterocycles. The van der Waals surface area contributed by atoms with Gasteiger partial charge in [-0.2, -0.15) is 5.10 Å². The lowest BCUT2D eigenvalue weighted by Crippen LogP contribution is -2.32. The number of imidazole rings is 1. The summed E-state index contributed by atoms with van der Waals surface area (Å²) in [5, 5.41) is 8.07. The number of ether oxygens (including phenoxy) is 1. The van der Waals surface area contributed by atoms with E-state index >= 15 is 0 Å². The third kappa shape index (κ3) is 3.11. The Bertz CT molecular complexity index is 674. The first kappa shape index (κ1) is 16.0. The lowest BCUT2D eigenvalue weighted by atomic mass is 10.0. The molecule has 126 valence electrons. The van der Waals surface area contributed by atoms with Gasteiger partial charge in [0.05, 0.1) is 17.6 Å². The van der Waals surface area contributed by atoms with Crippen molar-refractivity contribution in [3.63, 3.8) is 0 Å². The molecule has 0 unspecified atom stereocenters. The number of hydrogen-bond donors (Lipinski definition) is 1. The summed E-state index contributed by atoms with van der Waals surface area (Å²) in [6.07, 6.45) is 5.08. The molecule has 0 bridgehead atoms. The van der Waals surface area contributed by atoms with Crippen molar-refractivity contribution < 1.29 is 4.74 Å². The van der Waals surface area contributed by atoms with E-state index in [1.165, 1.54) is 11.3 Å². The van der Waals surface area contributed by atoms with E-state index in [0.717, 1.165) is 31.2 Å². The number of nitrogens with zero attached hydrogens (tertiary/aromatic N) is 5. The average Bonchev–Trinajstić information content (AvgIpc) is 3.16. The monoisotopic (exact) mass is 318 g/mol. The fourth-order valence-electron chi connectivity index (χ4n) is 3.25. The van der Waals surface area contributed by atoms with Gasteiger partial charge in [0.1, 0.15) is 6.10 Å². The Kier molecular flexibility index (Phi) is 4.41. The number of nitrogens with one attached hydrogen (secondary N) is 1. The summed E-state index contributed by atoms with van der Waals surface area (Å²) in [5.74, 6) is 0.962. The lowest BCUT2D eigenvalue weighted by Gasteiger charge is -2.20. The molecule has 7 nitrogen and oxygen atoms in total. The van der Waals surface area contributed by atoms with Gasteiger partial charge in [0.25, 0.3) is 0 Å². The van der Waals surface area contributed by atoms with Crippen molar-refractivity contribution in [3.05, 3.63) is 29.3 Å². The summed E-state index contributed by atoms with van der Waals surface area (Å²) in [6.45, 7) is 3.60. The number of aromatic nitrogens is 4. The molecule has 23 heavy (non-hydrogen) atoms. The first-order chi connectivity index (χ1) is 11.0. The highest BCUT2D eigenvalue weighted by Gasteiger charge is 2.31. The molecule has 0 amide bonds. The van der Waals surface area contributed by atoms with Crippen LogP contribution in [0.5, 0.6) is 0 Å². The third-order valence-corrected chi connectivity index (χ3v) is 4.45. The summed E-state index contributed by atoms with van der Waals surface area (Å²) in [6, 6.07) is 0.301. The first-order valence-electron chi connectivity index (χ1n) is 8.00. The minimum Gasteiger partial charge on any atom is -0.372 e. The van der Waals surface area contributed by atoms with E-state index in [0.29, 0.717) is 6.04 Å². The van der Waals surface area contributed by atoms with E-state index < -0.39 is 0 Å². The van der Waals surface area contributed by atoms with E-state index in [1.54, 1.807) is 0 Å². The van der Waals surface area contributed by atoms with Gasteiger partial charge in [0, 0.05) is 59.1 Å². The van der Waals surface area contributed by atoms with Gasteiger partial charge in [-0.25, -0.2) is 4.98 Å². The maximum absolute atomic E-state index is 5.96. The number of rotatable bonds is 5. The summed E-state index contributed by atoms with van der Waals surface area (Å²) in [5.41, 5.74) is 3.39. The van der Waals surface area contributed by atoms with Crippen LogP contribution in [0.3, 0.4) is 0 Å². The van der Waals surface area contributed by atoms with Crippen LogP contribution in [-0.2, 0) is 25.4 Å². The van der Waals surface area contributed by atoms with Crippen LogP contribution in [0.4, 0.5) is 5.95 Å². The Morgan fingerprint density at radius 1 is 1.39 bits per heavy atom. The number of aryl methyl sites for hydroxylation is 2. The van der Waals surface area contributed by atoms with Crippen LogP contribution in [0, 0.1) is 6.92 Å². The van der Waals surface area contributed by atoms with Gasteiger partial charge in [0.2, 0.25) is 5.95 Å². The SMILES string of the molecule is Cc1nn(C)cc1[C@H]1OCC[C@@H]1NCc1cnc(N(C)C)n1C. The highest BCUT2D eigenvalue weighted by atomic mass is 16.5. The van der Waals surface area contributed by atoms with E-state index in [9.17, 15) is 0 Å². The fraction of sp³-hybridized carbons (Fsp3) is 0.625. The van der Waals surface area contributed by atoms with Crippen LogP contribution in [-0.4, -0.2) is 46.1 Å². The largest absolute Gasteiger partial charge is 0.372 e. The second kappa shape index (κ2) is 6.33. The normalized spacial score (nSPS) is 21.1. The van der Waals surface area contributed by atoms with Crippen molar-refractivity contribution in [1.82, 2.24) is 24.6 Å². The maximum atomic E-state index is 5.96. The highest BCUT2D eigenvalue weighted by Crippen LogP contribution is 2.31. The topological polar surface area (TPSA) is 60.1 Å². The van der Waals surface area contributed by atoms with E-state index in [4.69, 9.17) is 4.74 Å². The van der Waals surface area contributed by atoms with Crippen LogP contribution in [0.25, 0.3) is 0 Å². The first-order valence-corrected chi connectivity index (χ1v) is 8.00. The molecule has 0 saturated carbocycles. The predicted octanol–water partition coefficient (Wildman–Crippen LogP) is 1.15. The zero-order valence-corrected chi connectivity index (χ0v) is 14.6. The standard InChI is InChI=1S/C16H26N6O/c1-11-13(10-21(4)19-11)15-14(6-7-23-15)17-8-12-9-18-16(20(2)3)22(12)5/h9-10,14-15,17H,6-8H2,1-5H3/t14-,15+/m0/s1. The van der Waals surface area contributed by atoms with Crippen molar-refractivity contribution in [2.75, 3.05) is 25.6 Å². The summed E-state index contributed by atoms with van der Waals surface area (Å²) < 4.78 is 9.93. The van der Waals surface area contributed by atoms with Crippen LogP contribution >= 0.6 is 0 Å². The fourth-order valence-corrected chi connectivity index (χ4v) is 3.25. The summed E-state index contributed by atoms with van der Waals surface area (Å²) in [7, 11) is 8.01. The van der Waals surface area contributed by atoms with Gasteiger partial charge >= 0.3 is 0 Å². The molecular formula is C16H26N6O. The molecule has 2 aromatic rings. The maximum Gasteiger partial charge on any atom is 0.204 e. The molecule has 1 N–H and O–H groups in total. The molecule has 0 aliphatic carbocycles. The Morgan fingerprint density at radius 3 is 2.78 bits per heavy atom. The molecule has 2 atom stereocenters. The Balaban J connectivity index is 1.69. The number of anilines is 1. The predicted molar refractivity (Wildman–Crippen MR) is 89.4 cm³/mol. The van der Waals surface area contributed by atoms with Gasteiger partial charge in [0.15, 0.2) is 0 Å². The quantitative estimate of drug-likeness (QED) is 0.896. The molecule has 3 heterocycles. The van der Waals surface area contributed by atoms with Crippen molar-refractivity contribution in [2.45, 2.75) is 32.0 Å². The molecule has 3 rings (SSSR count). The summed E-state index contributed by atoms with van der Waals surface area (Å²) >= 11 is 0. The molecule has 2 aromatic heterocycles. The highest BCUT2D eigenvalue weighted by molar-refractivity contribution is 5.31. The van der Waals surface area contributed by atoms with Crippen LogP contribution in [0.2, 0.25) is 0 Å². The van der Waals surface area contributed by atoms with Gasteiger partial charge in [-0.1, -0.05) is 0 Å². The molecule has 7 heteroatoms. The smallest absolute Gasteiger partial charge is 0.204 e. The third-order valence-electron chi connectivity index (χ3n) is 4.45. The molecule has 1 aliphatic heterocycles. The molecule has 0 aromatic carbocycles. The molecule has 0 radical (unpaired) electrons. The van der Waals surface area contributed by atoms with Crippen LogP contribution < -0.4 is 10.2 Å². The van der Waals surface area contributed by atoms with Crippen molar-refractivity contribution in [3.8, 4) is 0 Å². The molecule has 1 fully saturated rings. The van der Waals surface area contributed by atoms with Gasteiger partial charge in [-0.15, -0.1) is 0 Å². The molecule has 0 spiro atoms. The van der Waals surface area contributed by atoms with E-state index in [1.807, 2.05) is 50.9 Å². The van der Waals surface area contributed by atoms with E-state index in [2.05, 4.69) is 26.2 Å². The van der Waals surface area contributed by atoms with E-state index in [-0.39, 0.29) is 6.10 Å². The van der Waals surface area contributed by atoms with Crippen molar-refractivity contribution in [2.24, 2.45) is 14.1 Å². The van der Waals surface area contributed by atoms with Crippen molar-refractivity contribution >= 4 is 5.95 Å². The molecule has 1 aliphatic rings. The van der Waals surface area contributed by atoms with Gasteiger partial charge in [-0.05, 0) is 13.3 Å². The average molecular weight is 318 g/mol. The Morgan fingerprint density at radius 2 is 2.17 bits per heavy atom. The van der Waals surface area contributed by atoms with Crippen LogP contribution in [0.15, 0.2) is 12.4 Å². The lowest BCUT2D eigenvalue weighted by molar-refractivity contribution is 0.0978. The zero-order valence-electron chi connectivity index (χ0n) is 14.6. The summed E-state index contributed by atoms with van der Waals surface area (Å²) in [4.78, 5) is 6.48. The minimum absolute atomic E-state index is 0.0743. The second-order valence-corrected chi connectivity index (χ2v) is 6.41. The Labute approximate surface area is 137 Å². The molecular weight excluding hydrogens is 292 g/mol. The minimum atomic E-state index is 0.0743. The van der Waals surface area contributed by atoms with Crippen LogP contribution in [0.1, 0.15) is 29.5 Å². The van der Waals surface area contributed by atoms with Gasteiger partial charge in [-0.3, -0.25) is 4.68 Å². The second-order valence-electron chi connectivity index (χ2n) is 6.41.